The molecule has 17 heavy (non-hydrogen) atoms. The van der Waals surface area contributed by atoms with E-state index in [1.54, 1.807) is 0 Å². The summed E-state index contributed by atoms with van der Waals surface area (Å²) in [5, 5.41) is 6.24. The fraction of sp³-hybridized carbons (Fsp3) is 0.500. The van der Waals surface area contributed by atoms with Crippen molar-refractivity contribution < 1.29 is 9.21 Å². The molecule has 5 heteroatoms. The van der Waals surface area contributed by atoms with E-state index < -0.39 is 5.63 Å². The van der Waals surface area contributed by atoms with Gasteiger partial charge in [0.1, 0.15) is 6.26 Å². The Labute approximate surface area is 99.2 Å². The second-order valence-electron chi connectivity index (χ2n) is 4.61. The van der Waals surface area contributed by atoms with Gasteiger partial charge in [0, 0.05) is 11.6 Å². The highest BCUT2D eigenvalue weighted by atomic mass is 16.4. The molecule has 2 rings (SSSR count). The SMILES string of the molecule is CC1(NC(=O)c2ccc(=O)oc2)CCNCC1. The van der Waals surface area contributed by atoms with Crippen molar-refractivity contribution in [3.8, 4) is 0 Å². The standard InChI is InChI=1S/C12H16N2O3/c1-12(4-6-13-7-5-12)14-11(16)9-2-3-10(15)17-8-9/h2-3,8,13H,4-7H2,1H3,(H,14,16). The quantitative estimate of drug-likeness (QED) is 0.785. The molecule has 0 unspecified atom stereocenters. The van der Waals surface area contributed by atoms with Crippen molar-refractivity contribution in [2.24, 2.45) is 0 Å². The van der Waals surface area contributed by atoms with Crippen LogP contribution in [0.1, 0.15) is 30.1 Å². The van der Waals surface area contributed by atoms with Crippen molar-refractivity contribution in [1.29, 1.82) is 0 Å². The van der Waals surface area contributed by atoms with Gasteiger partial charge in [-0.2, -0.15) is 0 Å². The third-order valence-electron chi connectivity index (χ3n) is 3.09. The summed E-state index contributed by atoms with van der Waals surface area (Å²) in [5.74, 6) is -0.196. The van der Waals surface area contributed by atoms with Crippen LogP contribution in [0.25, 0.3) is 0 Å². The first-order chi connectivity index (χ1) is 8.09. The molecule has 0 aromatic carbocycles. The average molecular weight is 236 g/mol. The molecule has 0 bridgehead atoms. The van der Waals surface area contributed by atoms with Crippen LogP contribution in [0.3, 0.4) is 0 Å². The molecule has 1 aromatic rings. The molecule has 2 N–H and O–H groups in total. The van der Waals surface area contributed by atoms with E-state index in [1.807, 2.05) is 6.92 Å². The van der Waals surface area contributed by atoms with Crippen LogP contribution >= 0.6 is 0 Å². The summed E-state index contributed by atoms with van der Waals surface area (Å²) in [7, 11) is 0. The predicted octanol–water partition coefficient (Wildman–Crippen LogP) is 0.512. The summed E-state index contributed by atoms with van der Waals surface area (Å²) in [6.45, 7) is 3.84. The van der Waals surface area contributed by atoms with Crippen LogP contribution in [-0.2, 0) is 0 Å². The van der Waals surface area contributed by atoms with Crippen molar-refractivity contribution in [1.82, 2.24) is 10.6 Å². The van der Waals surface area contributed by atoms with E-state index in [1.165, 1.54) is 18.4 Å². The van der Waals surface area contributed by atoms with E-state index in [4.69, 9.17) is 0 Å². The monoisotopic (exact) mass is 236 g/mol. The van der Waals surface area contributed by atoms with Crippen molar-refractivity contribution in [3.05, 3.63) is 34.4 Å². The molecule has 0 saturated carbocycles. The van der Waals surface area contributed by atoms with E-state index in [9.17, 15) is 9.59 Å². The van der Waals surface area contributed by atoms with Gasteiger partial charge in [0.05, 0.1) is 5.56 Å². The van der Waals surface area contributed by atoms with E-state index >= 15 is 0 Å². The maximum Gasteiger partial charge on any atom is 0.335 e. The van der Waals surface area contributed by atoms with Crippen LogP contribution in [0.5, 0.6) is 0 Å². The lowest BCUT2D eigenvalue weighted by atomic mass is 9.90. The topological polar surface area (TPSA) is 71.3 Å². The number of carbonyl (C=O) groups excluding carboxylic acids is 1. The van der Waals surface area contributed by atoms with Crippen molar-refractivity contribution in [3.63, 3.8) is 0 Å². The van der Waals surface area contributed by atoms with Crippen LogP contribution in [0.15, 0.2) is 27.6 Å². The zero-order valence-electron chi connectivity index (χ0n) is 9.79. The fourth-order valence-corrected chi connectivity index (χ4v) is 1.94. The average Bonchev–Trinajstić information content (AvgIpc) is 2.30. The molecule has 0 radical (unpaired) electrons. The maximum atomic E-state index is 11.9. The Morgan fingerprint density at radius 2 is 2.12 bits per heavy atom. The largest absolute Gasteiger partial charge is 0.430 e. The minimum Gasteiger partial charge on any atom is -0.430 e. The van der Waals surface area contributed by atoms with Gasteiger partial charge in [-0.25, -0.2) is 4.79 Å². The first-order valence-electron chi connectivity index (χ1n) is 5.71. The van der Waals surface area contributed by atoms with Gasteiger partial charge < -0.3 is 15.1 Å². The van der Waals surface area contributed by atoms with Gasteiger partial charge in [-0.1, -0.05) is 0 Å². The molecule has 1 aliphatic heterocycles. The minimum atomic E-state index is -0.449. The van der Waals surface area contributed by atoms with Gasteiger partial charge in [0.25, 0.3) is 5.91 Å². The Morgan fingerprint density at radius 3 is 2.71 bits per heavy atom. The van der Waals surface area contributed by atoms with Crippen molar-refractivity contribution >= 4 is 5.91 Å². The van der Waals surface area contributed by atoms with E-state index in [-0.39, 0.29) is 11.4 Å². The maximum absolute atomic E-state index is 11.9. The van der Waals surface area contributed by atoms with Gasteiger partial charge in [0.15, 0.2) is 0 Å². The second-order valence-corrected chi connectivity index (χ2v) is 4.61. The zero-order chi connectivity index (χ0) is 12.3. The van der Waals surface area contributed by atoms with E-state index in [0.717, 1.165) is 25.9 Å². The summed E-state index contributed by atoms with van der Waals surface area (Å²) < 4.78 is 4.67. The van der Waals surface area contributed by atoms with Crippen LogP contribution < -0.4 is 16.3 Å². The van der Waals surface area contributed by atoms with E-state index in [0.29, 0.717) is 5.56 Å². The lowest BCUT2D eigenvalue weighted by molar-refractivity contribution is 0.0885. The van der Waals surface area contributed by atoms with Crippen molar-refractivity contribution in [2.45, 2.75) is 25.3 Å². The van der Waals surface area contributed by atoms with Crippen molar-refractivity contribution in [2.75, 3.05) is 13.1 Å². The fourth-order valence-electron chi connectivity index (χ4n) is 1.94. The normalized spacial score (nSPS) is 18.6. The Bertz CT molecular complexity index is 441. The molecule has 2 heterocycles. The van der Waals surface area contributed by atoms with Gasteiger partial charge in [0.2, 0.25) is 0 Å². The second kappa shape index (κ2) is 4.71. The molecule has 1 fully saturated rings. The van der Waals surface area contributed by atoms with Crippen LogP contribution in [0.4, 0.5) is 0 Å². The highest BCUT2D eigenvalue weighted by Gasteiger charge is 2.28. The Morgan fingerprint density at radius 1 is 1.41 bits per heavy atom. The molecule has 0 aliphatic carbocycles. The summed E-state index contributed by atoms with van der Waals surface area (Å²) in [5.41, 5.74) is -0.252. The number of carbonyl (C=O) groups is 1. The number of hydrogen-bond acceptors (Lipinski definition) is 4. The molecule has 0 atom stereocenters. The smallest absolute Gasteiger partial charge is 0.335 e. The third-order valence-corrected chi connectivity index (χ3v) is 3.09. The number of piperidine rings is 1. The van der Waals surface area contributed by atoms with Gasteiger partial charge in [-0.3, -0.25) is 4.79 Å². The molecule has 0 spiro atoms. The summed E-state index contributed by atoms with van der Waals surface area (Å²) in [6, 6.07) is 2.73. The van der Waals surface area contributed by atoms with Crippen LogP contribution in [0, 0.1) is 0 Å². The van der Waals surface area contributed by atoms with Crippen LogP contribution in [0.2, 0.25) is 0 Å². The molecule has 1 saturated heterocycles. The Hall–Kier alpha value is -1.62. The molecular formula is C12H16N2O3. The number of nitrogens with one attached hydrogen (secondary N) is 2. The molecular weight excluding hydrogens is 220 g/mol. The summed E-state index contributed by atoms with van der Waals surface area (Å²) in [6.07, 6.45) is 2.99. The summed E-state index contributed by atoms with van der Waals surface area (Å²) >= 11 is 0. The lowest BCUT2D eigenvalue weighted by Crippen LogP contribution is -2.52. The number of amides is 1. The van der Waals surface area contributed by atoms with Crippen LogP contribution in [-0.4, -0.2) is 24.5 Å². The summed E-state index contributed by atoms with van der Waals surface area (Å²) in [4.78, 5) is 22.7. The Kier molecular flexibility index (Phi) is 3.28. The molecule has 92 valence electrons. The molecule has 1 amide bonds. The molecule has 1 aromatic heterocycles. The zero-order valence-corrected chi connectivity index (χ0v) is 9.79. The van der Waals surface area contributed by atoms with Gasteiger partial charge >= 0.3 is 5.63 Å². The van der Waals surface area contributed by atoms with Gasteiger partial charge in [-0.15, -0.1) is 0 Å². The Balaban J connectivity index is 2.05. The highest BCUT2D eigenvalue weighted by molar-refractivity contribution is 5.94. The predicted molar refractivity (Wildman–Crippen MR) is 63.0 cm³/mol. The molecule has 5 nitrogen and oxygen atoms in total. The van der Waals surface area contributed by atoms with E-state index in [2.05, 4.69) is 15.1 Å². The number of hydrogen-bond donors (Lipinski definition) is 2. The minimum absolute atomic E-state index is 0.182. The molecule has 1 aliphatic rings. The van der Waals surface area contributed by atoms with Gasteiger partial charge in [-0.05, 0) is 38.9 Å². The first kappa shape index (κ1) is 11.9. The highest BCUT2D eigenvalue weighted by Crippen LogP contribution is 2.17. The lowest BCUT2D eigenvalue weighted by Gasteiger charge is -2.34. The third kappa shape index (κ3) is 2.94. The first-order valence-corrected chi connectivity index (χ1v) is 5.71. The number of rotatable bonds is 2.